The molecule has 2 aromatic heterocycles. The van der Waals surface area contributed by atoms with Crippen LogP contribution in [0.4, 0.5) is 5.69 Å². The molecule has 1 aliphatic heterocycles. The summed E-state index contributed by atoms with van der Waals surface area (Å²) in [5.41, 5.74) is 2.46. The average molecular weight is 356 g/mol. The number of fused-ring (bicyclic) bond motifs is 2. The summed E-state index contributed by atoms with van der Waals surface area (Å²) in [7, 11) is -3.74. The highest BCUT2D eigenvalue weighted by atomic mass is 32.2. The van der Waals surface area contributed by atoms with Crippen molar-refractivity contribution in [3.8, 4) is 6.07 Å². The number of hydrogen-bond acceptors (Lipinski definition) is 3. The first kappa shape index (κ1) is 15.7. The van der Waals surface area contributed by atoms with Crippen LogP contribution in [0.3, 0.4) is 0 Å². The van der Waals surface area contributed by atoms with Gasteiger partial charge in [-0.1, -0.05) is 6.07 Å². The monoisotopic (exact) mass is 356 g/mol. The van der Waals surface area contributed by atoms with Crippen LogP contribution >= 0.6 is 0 Å². The maximum atomic E-state index is 12.8. The highest BCUT2D eigenvalue weighted by Crippen LogP contribution is 2.29. The Kier molecular flexibility index (Phi) is 3.54. The van der Waals surface area contributed by atoms with Crippen LogP contribution in [0.25, 0.3) is 10.9 Å². The summed E-state index contributed by atoms with van der Waals surface area (Å²) in [5, 5.41) is 10.1. The number of rotatable bonds is 3. The van der Waals surface area contributed by atoms with E-state index in [0.29, 0.717) is 16.8 Å². The molecule has 4 rings (SSSR count). The standard InChI is InChI=1S/C17H17N5O2S/c1-11-5-6-13(17-16(11)12(8-18)9-19-17)21-25(23,24)15-10-22-7-3-2-4-14(22)20-15/h5-6,9-10,19,21H,2-4,7H2,1H3/p+1. The predicted molar refractivity (Wildman–Crippen MR) is 92.5 cm³/mol. The third-order valence-electron chi connectivity index (χ3n) is 4.65. The van der Waals surface area contributed by atoms with Crippen LogP contribution in [0.5, 0.6) is 0 Å². The summed E-state index contributed by atoms with van der Waals surface area (Å²) >= 11 is 0. The number of nitrogens with zero attached hydrogens (tertiary/aromatic N) is 2. The number of nitriles is 1. The zero-order valence-electron chi connectivity index (χ0n) is 13.8. The number of aromatic amines is 2. The van der Waals surface area contributed by atoms with E-state index in [4.69, 9.17) is 0 Å². The second-order valence-corrected chi connectivity index (χ2v) is 7.97. The molecule has 128 valence electrons. The minimum absolute atomic E-state index is 0.158. The van der Waals surface area contributed by atoms with Crippen LogP contribution in [-0.4, -0.2) is 18.4 Å². The minimum Gasteiger partial charge on any atom is -0.358 e. The second kappa shape index (κ2) is 5.63. The second-order valence-electron chi connectivity index (χ2n) is 6.32. The third-order valence-corrected chi connectivity index (χ3v) is 5.92. The van der Waals surface area contributed by atoms with Gasteiger partial charge in [0.25, 0.3) is 10.9 Å². The molecule has 0 fully saturated rings. The van der Waals surface area contributed by atoms with E-state index in [1.54, 1.807) is 18.5 Å². The molecule has 25 heavy (non-hydrogen) atoms. The summed E-state index contributed by atoms with van der Waals surface area (Å²) in [6, 6.07) is 5.65. The van der Waals surface area contributed by atoms with Crippen molar-refractivity contribution in [1.82, 2.24) is 9.97 Å². The molecule has 0 spiro atoms. The Morgan fingerprint density at radius 3 is 2.92 bits per heavy atom. The van der Waals surface area contributed by atoms with Gasteiger partial charge in [0.1, 0.15) is 6.07 Å². The molecule has 0 atom stereocenters. The van der Waals surface area contributed by atoms with Gasteiger partial charge in [0.05, 0.1) is 23.3 Å². The van der Waals surface area contributed by atoms with E-state index in [9.17, 15) is 13.7 Å². The molecule has 1 aliphatic rings. The molecule has 0 radical (unpaired) electrons. The Morgan fingerprint density at radius 1 is 1.32 bits per heavy atom. The van der Waals surface area contributed by atoms with Crippen molar-refractivity contribution in [1.29, 1.82) is 5.26 Å². The molecule has 0 saturated heterocycles. The molecule has 0 saturated carbocycles. The van der Waals surface area contributed by atoms with E-state index < -0.39 is 10.0 Å². The molecule has 7 nitrogen and oxygen atoms in total. The van der Waals surface area contributed by atoms with Crippen LogP contribution in [0, 0.1) is 18.3 Å². The number of H-pyrrole nitrogens is 2. The van der Waals surface area contributed by atoms with E-state index in [2.05, 4.69) is 20.8 Å². The summed E-state index contributed by atoms with van der Waals surface area (Å²) in [4.78, 5) is 6.03. The number of nitrogens with one attached hydrogen (secondary N) is 3. The first-order valence-corrected chi connectivity index (χ1v) is 9.63. The van der Waals surface area contributed by atoms with Gasteiger partial charge in [-0.15, -0.1) is 0 Å². The Morgan fingerprint density at radius 2 is 2.16 bits per heavy atom. The van der Waals surface area contributed by atoms with Gasteiger partial charge in [0.15, 0.2) is 6.20 Å². The minimum atomic E-state index is -3.74. The SMILES string of the molecule is Cc1ccc(NS(=O)(=O)c2c[n+]3c([nH]2)CCCC3)c2[nH]cc(C#N)c12. The van der Waals surface area contributed by atoms with Gasteiger partial charge in [-0.25, -0.2) is 9.55 Å². The van der Waals surface area contributed by atoms with Crippen LogP contribution in [0.2, 0.25) is 0 Å². The molecule has 0 amide bonds. The van der Waals surface area contributed by atoms with Crippen LogP contribution in [0.1, 0.15) is 29.8 Å². The van der Waals surface area contributed by atoms with Crippen LogP contribution in [0.15, 0.2) is 29.6 Å². The number of benzene rings is 1. The van der Waals surface area contributed by atoms with Crippen molar-refractivity contribution in [3.63, 3.8) is 0 Å². The van der Waals surface area contributed by atoms with Crippen molar-refractivity contribution in [2.75, 3.05) is 4.72 Å². The molecule has 3 aromatic rings. The predicted octanol–water partition coefficient (Wildman–Crippen LogP) is 2.10. The Hall–Kier alpha value is -2.79. The van der Waals surface area contributed by atoms with Crippen molar-refractivity contribution in [3.05, 3.63) is 41.5 Å². The lowest BCUT2D eigenvalue weighted by Crippen LogP contribution is -2.39. The molecular formula is C17H18N5O2S+. The van der Waals surface area contributed by atoms with E-state index in [-0.39, 0.29) is 5.03 Å². The summed E-state index contributed by atoms with van der Waals surface area (Å²) in [6.45, 7) is 2.73. The van der Waals surface area contributed by atoms with Gasteiger partial charge in [-0.2, -0.15) is 13.7 Å². The largest absolute Gasteiger partial charge is 0.358 e. The van der Waals surface area contributed by atoms with E-state index in [1.807, 2.05) is 17.6 Å². The van der Waals surface area contributed by atoms with Gasteiger partial charge in [0, 0.05) is 18.0 Å². The summed E-state index contributed by atoms with van der Waals surface area (Å²) < 4.78 is 30.2. The maximum Gasteiger partial charge on any atom is 0.302 e. The normalized spacial score (nSPS) is 14.2. The topological polar surface area (TPSA) is 105 Å². The number of imidazole rings is 1. The van der Waals surface area contributed by atoms with E-state index in [0.717, 1.165) is 42.6 Å². The molecule has 0 unspecified atom stereocenters. The van der Waals surface area contributed by atoms with Crippen molar-refractivity contribution >= 4 is 26.6 Å². The smallest absolute Gasteiger partial charge is 0.302 e. The number of hydrogen-bond donors (Lipinski definition) is 3. The molecule has 3 N–H and O–H groups in total. The Bertz CT molecular complexity index is 1090. The van der Waals surface area contributed by atoms with Crippen LogP contribution in [-0.2, 0) is 23.0 Å². The fourth-order valence-corrected chi connectivity index (χ4v) is 4.46. The maximum absolute atomic E-state index is 12.8. The average Bonchev–Trinajstić information content (AvgIpc) is 3.22. The Balaban J connectivity index is 1.76. The van der Waals surface area contributed by atoms with Crippen molar-refractivity contribution < 1.29 is 13.0 Å². The van der Waals surface area contributed by atoms with Crippen LogP contribution < -0.4 is 9.29 Å². The van der Waals surface area contributed by atoms with Gasteiger partial charge < -0.3 is 4.98 Å². The Labute approximate surface area is 145 Å². The lowest BCUT2D eigenvalue weighted by atomic mass is 10.1. The first-order chi connectivity index (χ1) is 12.0. The lowest BCUT2D eigenvalue weighted by Gasteiger charge is -2.07. The van der Waals surface area contributed by atoms with Gasteiger partial charge >= 0.3 is 10.0 Å². The number of anilines is 1. The molecule has 0 bridgehead atoms. The molecule has 8 heteroatoms. The zero-order valence-corrected chi connectivity index (χ0v) is 14.6. The number of aryl methyl sites for hydroxylation is 3. The molecule has 1 aromatic carbocycles. The van der Waals surface area contributed by atoms with Crippen molar-refractivity contribution in [2.45, 2.75) is 37.8 Å². The quantitative estimate of drug-likeness (QED) is 0.626. The highest BCUT2D eigenvalue weighted by molar-refractivity contribution is 7.92. The fraction of sp³-hybridized carbons (Fsp3) is 0.294. The molecular weight excluding hydrogens is 338 g/mol. The van der Waals surface area contributed by atoms with Gasteiger partial charge in [-0.3, -0.25) is 4.72 Å². The molecule has 3 heterocycles. The number of aromatic nitrogens is 3. The first-order valence-electron chi connectivity index (χ1n) is 8.14. The third kappa shape index (κ3) is 2.57. The van der Waals surface area contributed by atoms with Gasteiger partial charge in [0.2, 0.25) is 0 Å². The van der Waals surface area contributed by atoms with E-state index in [1.165, 1.54) is 0 Å². The zero-order chi connectivity index (χ0) is 17.6. The summed E-state index contributed by atoms with van der Waals surface area (Å²) in [6.07, 6.45) is 6.22. The molecule has 0 aliphatic carbocycles. The highest BCUT2D eigenvalue weighted by Gasteiger charge is 2.28. The van der Waals surface area contributed by atoms with Gasteiger partial charge in [-0.05, 0) is 31.4 Å². The lowest BCUT2D eigenvalue weighted by molar-refractivity contribution is -0.708. The van der Waals surface area contributed by atoms with E-state index >= 15 is 0 Å². The number of sulfonamides is 1. The summed E-state index contributed by atoms with van der Waals surface area (Å²) in [5.74, 6) is 0.937. The fourth-order valence-electron chi connectivity index (χ4n) is 3.38. The van der Waals surface area contributed by atoms with Crippen molar-refractivity contribution in [2.24, 2.45) is 0 Å².